The van der Waals surface area contributed by atoms with Crippen LogP contribution in [0, 0.1) is 5.82 Å². The Bertz CT molecular complexity index is 1550. The number of benzene rings is 2. The molecular weight excluding hydrogens is 501 g/mol. The van der Waals surface area contributed by atoms with Gasteiger partial charge in [-0.2, -0.15) is 10.1 Å². The van der Waals surface area contributed by atoms with Crippen LogP contribution < -0.4 is 20.3 Å². The van der Waals surface area contributed by atoms with Crippen molar-refractivity contribution in [3.63, 3.8) is 0 Å². The molecule has 3 heterocycles. The van der Waals surface area contributed by atoms with E-state index >= 15 is 0 Å². The van der Waals surface area contributed by atoms with Gasteiger partial charge in [0.1, 0.15) is 11.6 Å². The molecule has 2 aromatic carbocycles. The summed E-state index contributed by atoms with van der Waals surface area (Å²) in [5.74, 6) is -0.931. The first-order valence-electron chi connectivity index (χ1n) is 13.3. The third-order valence-corrected chi connectivity index (χ3v) is 7.41. The molecule has 1 aliphatic heterocycles. The van der Waals surface area contributed by atoms with Crippen molar-refractivity contribution in [3.8, 4) is 6.01 Å². The Kier molecular flexibility index (Phi) is 6.56. The van der Waals surface area contributed by atoms with Gasteiger partial charge < -0.3 is 25.4 Å². The Morgan fingerprint density at radius 2 is 1.97 bits per heavy atom. The maximum Gasteiger partial charge on any atom is 0.317 e. The van der Waals surface area contributed by atoms with Gasteiger partial charge in [-0.05, 0) is 51.0 Å². The zero-order chi connectivity index (χ0) is 27.3. The number of hydrogen-bond acceptors (Lipinski definition) is 8. The number of ether oxygens (including phenoxy) is 1. The van der Waals surface area contributed by atoms with Gasteiger partial charge in [-0.3, -0.25) is 9.48 Å². The number of nitrogens with one attached hydrogen (secondary N) is 2. The number of halogens is 1. The summed E-state index contributed by atoms with van der Waals surface area (Å²) in [5, 5.41) is 21.7. The van der Waals surface area contributed by atoms with E-state index in [0.29, 0.717) is 47.1 Å². The fraction of sp³-hybridized carbons (Fsp3) is 0.429. The van der Waals surface area contributed by atoms with Crippen molar-refractivity contribution in [2.45, 2.75) is 57.4 Å². The summed E-state index contributed by atoms with van der Waals surface area (Å²) in [7, 11) is 1.72. The normalized spacial score (nSPS) is 23.5. The predicted octanol–water partition coefficient (Wildman–Crippen LogP) is 3.39. The zero-order valence-electron chi connectivity index (χ0n) is 22.2. The Hall–Kier alpha value is -3.83. The highest BCUT2D eigenvalue weighted by Gasteiger charge is 2.27. The molecule has 0 bridgehead atoms. The molecule has 4 atom stereocenters. The van der Waals surface area contributed by atoms with E-state index in [1.165, 1.54) is 10.7 Å². The minimum absolute atomic E-state index is 0.165. The predicted molar refractivity (Wildman–Crippen MR) is 147 cm³/mol. The van der Waals surface area contributed by atoms with Crippen LogP contribution >= 0.6 is 0 Å². The van der Waals surface area contributed by atoms with Crippen LogP contribution in [0.1, 0.15) is 43.5 Å². The number of amides is 1. The Labute approximate surface area is 225 Å². The van der Waals surface area contributed by atoms with Crippen LogP contribution in [-0.4, -0.2) is 68.1 Å². The van der Waals surface area contributed by atoms with Crippen molar-refractivity contribution in [2.75, 3.05) is 23.3 Å². The lowest BCUT2D eigenvalue weighted by Crippen LogP contribution is -2.54. The quantitative estimate of drug-likeness (QED) is 0.358. The van der Waals surface area contributed by atoms with Crippen molar-refractivity contribution in [1.29, 1.82) is 0 Å². The molecule has 4 aromatic rings. The summed E-state index contributed by atoms with van der Waals surface area (Å²) < 4.78 is 22.2. The standard InChI is InChI=1S/C28H32FN7O3/c1-15-12-36(13-16(2)31-15)24-7-6-21(26-22(24)11-30-28(33-26)39-20-5-4-19(37)10-20)27(38)32-18-8-17-14-35(3)34-25(17)23(29)9-18/h6-9,11,14-16,19-20,31,37H,4-5,10,12-13H2,1-3H3,(H,32,38)/t15-,16-,19+,20+/m1/s1. The topological polar surface area (TPSA) is 117 Å². The molecule has 0 radical (unpaired) electrons. The summed E-state index contributed by atoms with van der Waals surface area (Å²) in [6.07, 6.45) is 4.74. The fourth-order valence-electron chi connectivity index (χ4n) is 5.78. The summed E-state index contributed by atoms with van der Waals surface area (Å²) in [6, 6.07) is 7.38. The third-order valence-electron chi connectivity index (χ3n) is 7.41. The van der Waals surface area contributed by atoms with E-state index in [0.717, 1.165) is 30.6 Å². The van der Waals surface area contributed by atoms with Crippen LogP contribution in [0.25, 0.3) is 21.8 Å². The van der Waals surface area contributed by atoms with Gasteiger partial charge in [0, 0.05) is 73.2 Å². The second-order valence-electron chi connectivity index (χ2n) is 10.8. The number of nitrogens with zero attached hydrogens (tertiary/aromatic N) is 5. The third kappa shape index (κ3) is 5.11. The number of rotatable bonds is 5. The van der Waals surface area contributed by atoms with Gasteiger partial charge in [0.25, 0.3) is 5.91 Å². The van der Waals surface area contributed by atoms with Crippen LogP contribution in [0.5, 0.6) is 6.01 Å². The average Bonchev–Trinajstić information content (AvgIpc) is 3.47. The first-order valence-corrected chi connectivity index (χ1v) is 13.3. The van der Waals surface area contributed by atoms with E-state index in [-0.39, 0.29) is 17.6 Å². The van der Waals surface area contributed by atoms with Gasteiger partial charge in [0.15, 0.2) is 5.82 Å². The monoisotopic (exact) mass is 533 g/mol. The van der Waals surface area contributed by atoms with Gasteiger partial charge in [-0.25, -0.2) is 9.37 Å². The Balaban J connectivity index is 1.38. The lowest BCUT2D eigenvalue weighted by molar-refractivity contribution is 0.102. The molecule has 6 rings (SSSR count). The molecule has 0 spiro atoms. The molecule has 10 nitrogen and oxygen atoms in total. The maximum absolute atomic E-state index is 14.7. The minimum atomic E-state index is -0.512. The zero-order valence-corrected chi connectivity index (χ0v) is 22.2. The van der Waals surface area contributed by atoms with E-state index in [9.17, 15) is 14.3 Å². The molecule has 2 aliphatic rings. The number of anilines is 2. The van der Waals surface area contributed by atoms with E-state index in [1.807, 2.05) is 6.07 Å². The number of piperazine rings is 1. The van der Waals surface area contributed by atoms with Crippen molar-refractivity contribution in [1.82, 2.24) is 25.1 Å². The second kappa shape index (κ2) is 10.0. The highest BCUT2D eigenvalue weighted by atomic mass is 19.1. The number of carbonyl (C=O) groups is 1. The lowest BCUT2D eigenvalue weighted by Gasteiger charge is -2.38. The van der Waals surface area contributed by atoms with E-state index < -0.39 is 17.8 Å². The van der Waals surface area contributed by atoms with E-state index in [1.54, 1.807) is 31.6 Å². The molecule has 204 valence electrons. The minimum Gasteiger partial charge on any atom is -0.460 e. The van der Waals surface area contributed by atoms with Gasteiger partial charge in [-0.15, -0.1) is 0 Å². The first kappa shape index (κ1) is 25.4. The van der Waals surface area contributed by atoms with Crippen LogP contribution in [0.15, 0.2) is 36.7 Å². The van der Waals surface area contributed by atoms with Crippen LogP contribution in [0.4, 0.5) is 15.8 Å². The molecule has 39 heavy (non-hydrogen) atoms. The van der Waals surface area contributed by atoms with Crippen LogP contribution in [0.2, 0.25) is 0 Å². The van der Waals surface area contributed by atoms with Crippen LogP contribution in [-0.2, 0) is 7.05 Å². The smallest absolute Gasteiger partial charge is 0.317 e. The van der Waals surface area contributed by atoms with Crippen molar-refractivity contribution in [3.05, 3.63) is 48.0 Å². The number of aliphatic hydroxyl groups is 1. The second-order valence-corrected chi connectivity index (χ2v) is 10.8. The summed E-state index contributed by atoms with van der Waals surface area (Å²) >= 11 is 0. The average molecular weight is 534 g/mol. The molecule has 1 amide bonds. The summed E-state index contributed by atoms with van der Waals surface area (Å²) in [6.45, 7) is 5.88. The molecule has 1 aliphatic carbocycles. The van der Waals surface area contributed by atoms with Crippen LogP contribution in [0.3, 0.4) is 0 Å². The molecule has 2 fully saturated rings. The van der Waals surface area contributed by atoms with Crippen molar-refractivity contribution >= 4 is 39.1 Å². The molecule has 2 aromatic heterocycles. The van der Waals surface area contributed by atoms with Gasteiger partial charge in [-0.1, -0.05) is 0 Å². The number of aryl methyl sites for hydroxylation is 1. The largest absolute Gasteiger partial charge is 0.460 e. The molecule has 11 heteroatoms. The number of carbonyl (C=O) groups excluding carboxylic acids is 1. The van der Waals surface area contributed by atoms with Crippen molar-refractivity contribution < 1.29 is 19.0 Å². The summed E-state index contributed by atoms with van der Waals surface area (Å²) in [5.41, 5.74) is 2.29. The highest BCUT2D eigenvalue weighted by molar-refractivity contribution is 6.14. The fourth-order valence-corrected chi connectivity index (χ4v) is 5.78. The van der Waals surface area contributed by atoms with Gasteiger partial charge in [0.2, 0.25) is 0 Å². The maximum atomic E-state index is 14.7. The highest BCUT2D eigenvalue weighted by Crippen LogP contribution is 2.32. The Morgan fingerprint density at radius 1 is 1.18 bits per heavy atom. The SMILES string of the molecule is C[C@@H]1CN(c2ccc(C(=O)Nc3cc(F)c4nn(C)cc4c3)c3nc(O[C@H]4CC[C@H](O)C4)ncc23)C[C@@H](C)N1. The number of aliphatic hydroxyl groups excluding tert-OH is 1. The molecular formula is C28H32FN7O3. The lowest BCUT2D eigenvalue weighted by atomic mass is 10.0. The van der Waals surface area contributed by atoms with Gasteiger partial charge >= 0.3 is 6.01 Å². The number of hydrogen-bond donors (Lipinski definition) is 3. The Morgan fingerprint density at radius 3 is 2.72 bits per heavy atom. The number of fused-ring (bicyclic) bond motifs is 2. The van der Waals surface area contributed by atoms with E-state index in [4.69, 9.17) is 4.74 Å². The number of aromatic nitrogens is 4. The summed E-state index contributed by atoms with van der Waals surface area (Å²) in [4.78, 5) is 25.0. The van der Waals surface area contributed by atoms with Crippen molar-refractivity contribution in [2.24, 2.45) is 7.05 Å². The van der Waals surface area contributed by atoms with E-state index in [2.05, 4.69) is 44.4 Å². The van der Waals surface area contributed by atoms with Gasteiger partial charge in [0.05, 0.1) is 17.2 Å². The molecule has 1 saturated heterocycles. The molecule has 0 unspecified atom stereocenters. The molecule has 1 saturated carbocycles. The molecule has 3 N–H and O–H groups in total. The first-order chi connectivity index (χ1) is 18.7.